The Kier molecular flexibility index (Phi) is 9.42. The lowest BCUT2D eigenvalue weighted by Crippen LogP contribution is -2.63. The lowest BCUT2D eigenvalue weighted by atomic mass is 9.74. The summed E-state index contributed by atoms with van der Waals surface area (Å²) in [6.45, 7) is -1.47. The van der Waals surface area contributed by atoms with Crippen LogP contribution in [0.25, 0.3) is 0 Å². The van der Waals surface area contributed by atoms with E-state index in [1.54, 1.807) is 0 Å². The maximum Gasteiger partial charge on any atom is 0.108 e. The van der Waals surface area contributed by atoms with Crippen LogP contribution in [-0.4, -0.2) is 63.1 Å². The molecule has 0 fully saturated rings. The van der Waals surface area contributed by atoms with E-state index in [0.29, 0.717) is 0 Å². The molecule has 100 valence electrons. The van der Waals surface area contributed by atoms with Crippen LogP contribution in [0.2, 0.25) is 0 Å². The van der Waals surface area contributed by atoms with Gasteiger partial charge in [0.2, 0.25) is 0 Å². The zero-order valence-corrected chi connectivity index (χ0v) is 9.99. The van der Waals surface area contributed by atoms with E-state index >= 15 is 0 Å². The molecule has 0 aromatic heterocycles. The van der Waals surface area contributed by atoms with Gasteiger partial charge in [-0.3, -0.25) is 0 Å². The molecule has 0 aliphatic carbocycles. The monoisotopic (exact) mass is 259 g/mol. The minimum absolute atomic E-state index is 0. The van der Waals surface area contributed by atoms with Crippen LogP contribution in [0.4, 0.5) is 0 Å². The first-order valence-electron chi connectivity index (χ1n) is 4.94. The van der Waals surface area contributed by atoms with Crippen molar-refractivity contribution >= 4 is 12.4 Å². The van der Waals surface area contributed by atoms with Gasteiger partial charge in [0.15, 0.2) is 0 Å². The van der Waals surface area contributed by atoms with E-state index in [4.69, 9.17) is 26.2 Å². The Morgan fingerprint density at radius 1 is 0.812 bits per heavy atom. The van der Waals surface area contributed by atoms with Crippen molar-refractivity contribution in [3.63, 3.8) is 0 Å². The highest BCUT2D eigenvalue weighted by Gasteiger charge is 2.45. The highest BCUT2D eigenvalue weighted by molar-refractivity contribution is 5.85. The summed E-state index contributed by atoms with van der Waals surface area (Å²) in [4.78, 5) is 0. The van der Waals surface area contributed by atoms with E-state index in [1.807, 2.05) is 0 Å². The molecule has 0 bridgehead atoms. The van der Waals surface area contributed by atoms with E-state index in [2.05, 4.69) is 0 Å². The van der Waals surface area contributed by atoms with Gasteiger partial charge in [0.1, 0.15) is 5.60 Å². The molecule has 0 spiro atoms. The van der Waals surface area contributed by atoms with Crippen LogP contribution in [0.3, 0.4) is 0 Å². The van der Waals surface area contributed by atoms with Gasteiger partial charge < -0.3 is 31.3 Å². The van der Waals surface area contributed by atoms with Crippen molar-refractivity contribution in [3.8, 4) is 0 Å². The highest BCUT2D eigenvalue weighted by atomic mass is 35.5. The van der Waals surface area contributed by atoms with Gasteiger partial charge >= 0.3 is 0 Å². The first-order chi connectivity index (χ1) is 6.99. The van der Waals surface area contributed by atoms with Crippen molar-refractivity contribution < 1.29 is 25.5 Å². The molecule has 7 heteroatoms. The maximum atomic E-state index is 10.0. The molecule has 1 atom stereocenters. The van der Waals surface area contributed by atoms with Crippen LogP contribution in [0, 0.1) is 0 Å². The van der Waals surface area contributed by atoms with Crippen LogP contribution >= 0.6 is 12.4 Å². The van der Waals surface area contributed by atoms with Gasteiger partial charge in [0.05, 0.1) is 12.1 Å². The molecule has 1 unspecified atom stereocenters. The molecule has 0 saturated heterocycles. The molecule has 0 radical (unpaired) electrons. The first kappa shape index (κ1) is 18.4. The summed E-state index contributed by atoms with van der Waals surface area (Å²) in [5, 5.41) is 45.6. The minimum Gasteiger partial charge on any atom is -0.396 e. The lowest BCUT2D eigenvalue weighted by Gasteiger charge is -2.43. The number of hydrogen-bond acceptors (Lipinski definition) is 6. The molecule has 0 saturated carbocycles. The second-order valence-corrected chi connectivity index (χ2v) is 3.77. The summed E-state index contributed by atoms with van der Waals surface area (Å²) < 4.78 is 0. The van der Waals surface area contributed by atoms with Crippen LogP contribution in [0.1, 0.15) is 19.3 Å². The van der Waals surface area contributed by atoms with Crippen LogP contribution in [-0.2, 0) is 0 Å². The molecule has 16 heavy (non-hydrogen) atoms. The fourth-order valence-corrected chi connectivity index (χ4v) is 1.66. The molecule has 0 heterocycles. The van der Waals surface area contributed by atoms with Gasteiger partial charge in [-0.1, -0.05) is 0 Å². The summed E-state index contributed by atoms with van der Waals surface area (Å²) in [7, 11) is 0. The third-order valence-corrected chi connectivity index (χ3v) is 2.83. The predicted molar refractivity (Wildman–Crippen MR) is 61.3 cm³/mol. The third kappa shape index (κ3) is 4.14. The largest absolute Gasteiger partial charge is 0.396 e. The second kappa shape index (κ2) is 8.19. The summed E-state index contributed by atoms with van der Waals surface area (Å²) in [5.74, 6) is 0. The zero-order valence-electron chi connectivity index (χ0n) is 9.17. The normalized spacial score (nSPS) is 15.4. The summed E-state index contributed by atoms with van der Waals surface area (Å²) in [5.41, 5.74) is 2.87. The minimum atomic E-state index is -1.69. The molecule has 0 aromatic rings. The van der Waals surface area contributed by atoms with Crippen molar-refractivity contribution in [1.29, 1.82) is 0 Å². The molecular formula is C9H22ClNO5. The Morgan fingerprint density at radius 2 is 1.19 bits per heavy atom. The van der Waals surface area contributed by atoms with Crippen molar-refractivity contribution in [2.75, 3.05) is 26.4 Å². The fourth-order valence-electron chi connectivity index (χ4n) is 1.66. The third-order valence-electron chi connectivity index (χ3n) is 2.83. The van der Waals surface area contributed by atoms with Crippen LogP contribution in [0.5, 0.6) is 0 Å². The van der Waals surface area contributed by atoms with Crippen molar-refractivity contribution in [1.82, 2.24) is 0 Å². The van der Waals surface area contributed by atoms with E-state index in [-0.39, 0.29) is 51.5 Å². The first-order valence-corrected chi connectivity index (χ1v) is 4.94. The average Bonchev–Trinajstić information content (AvgIpc) is 2.18. The number of rotatable bonds is 8. The predicted octanol–water partition coefficient (Wildman–Crippen LogP) is -2.02. The number of aliphatic hydroxyl groups excluding tert-OH is 4. The van der Waals surface area contributed by atoms with E-state index in [0.717, 1.165) is 0 Å². The van der Waals surface area contributed by atoms with Gasteiger partial charge in [-0.05, 0) is 12.8 Å². The zero-order chi connectivity index (χ0) is 11.9. The highest BCUT2D eigenvalue weighted by Crippen LogP contribution is 2.29. The van der Waals surface area contributed by atoms with Crippen molar-refractivity contribution in [2.45, 2.75) is 30.4 Å². The van der Waals surface area contributed by atoms with Crippen molar-refractivity contribution in [2.24, 2.45) is 5.73 Å². The molecular weight excluding hydrogens is 238 g/mol. The van der Waals surface area contributed by atoms with E-state index < -0.39 is 17.7 Å². The molecule has 0 rings (SSSR count). The van der Waals surface area contributed by atoms with E-state index in [1.165, 1.54) is 0 Å². The standard InChI is InChI=1S/C9H21NO5.ClH/c10-8(1-4-11,2-5-12)9(15,7-14)3-6-13;/h11-15H,1-7,10H2;1H. The topological polar surface area (TPSA) is 127 Å². The van der Waals surface area contributed by atoms with Gasteiger partial charge in [0, 0.05) is 26.2 Å². The van der Waals surface area contributed by atoms with Crippen molar-refractivity contribution in [3.05, 3.63) is 0 Å². The van der Waals surface area contributed by atoms with E-state index in [9.17, 15) is 5.11 Å². The van der Waals surface area contributed by atoms with Crippen LogP contribution < -0.4 is 5.73 Å². The Labute approximate surface area is 101 Å². The number of hydrogen-bond donors (Lipinski definition) is 6. The quantitative estimate of drug-likeness (QED) is 0.299. The summed E-state index contributed by atoms with van der Waals surface area (Å²) >= 11 is 0. The second-order valence-electron chi connectivity index (χ2n) is 3.77. The lowest BCUT2D eigenvalue weighted by molar-refractivity contribution is -0.101. The van der Waals surface area contributed by atoms with Gasteiger partial charge in [0.25, 0.3) is 0 Å². The Balaban J connectivity index is 0. The molecule has 0 aliphatic heterocycles. The molecule has 0 amide bonds. The SMILES string of the molecule is Cl.NC(CCO)(CCO)C(O)(CO)CCO. The summed E-state index contributed by atoms with van der Waals surface area (Å²) in [6.07, 6.45) is -0.00472. The average molecular weight is 260 g/mol. The number of nitrogens with two attached hydrogens (primary N) is 1. The molecule has 6 nitrogen and oxygen atoms in total. The van der Waals surface area contributed by atoms with Crippen LogP contribution in [0.15, 0.2) is 0 Å². The molecule has 0 aromatic carbocycles. The van der Waals surface area contributed by atoms with Gasteiger partial charge in [-0.2, -0.15) is 0 Å². The smallest absolute Gasteiger partial charge is 0.108 e. The fraction of sp³-hybridized carbons (Fsp3) is 1.00. The Morgan fingerprint density at radius 3 is 1.44 bits per heavy atom. The van der Waals surface area contributed by atoms with Gasteiger partial charge in [-0.25, -0.2) is 0 Å². The van der Waals surface area contributed by atoms with Gasteiger partial charge in [-0.15, -0.1) is 12.4 Å². The molecule has 0 aliphatic rings. The Bertz CT molecular complexity index is 177. The number of aliphatic hydroxyl groups is 5. The maximum absolute atomic E-state index is 10.0. The summed E-state index contributed by atoms with van der Waals surface area (Å²) in [6, 6.07) is 0. The Hall–Kier alpha value is 0.0500. The number of halogens is 1. The molecule has 7 N–H and O–H groups in total.